The summed E-state index contributed by atoms with van der Waals surface area (Å²) in [7, 11) is -3.50. The SMILES string of the molecule is CCN(Cc1ccc(C)o1)C(=O)Nc1cc(NS(C)(=O)=O)ccc1F. The first-order valence-electron chi connectivity index (χ1n) is 7.56. The van der Waals surface area contributed by atoms with Crippen LogP contribution in [0.4, 0.5) is 20.6 Å². The second kappa shape index (κ2) is 7.56. The van der Waals surface area contributed by atoms with E-state index in [0.29, 0.717) is 12.3 Å². The highest BCUT2D eigenvalue weighted by atomic mass is 32.2. The molecule has 1 heterocycles. The van der Waals surface area contributed by atoms with E-state index in [0.717, 1.165) is 18.1 Å². The molecular formula is C16H20FN3O4S. The number of aryl methyl sites for hydroxylation is 1. The first kappa shape index (κ1) is 18.8. The molecule has 0 radical (unpaired) electrons. The topological polar surface area (TPSA) is 91.7 Å². The molecule has 0 saturated carbocycles. The maximum absolute atomic E-state index is 13.9. The van der Waals surface area contributed by atoms with Crippen LogP contribution in [0.2, 0.25) is 0 Å². The maximum Gasteiger partial charge on any atom is 0.322 e. The zero-order chi connectivity index (χ0) is 18.6. The monoisotopic (exact) mass is 369 g/mol. The van der Waals surface area contributed by atoms with Crippen LogP contribution in [0.15, 0.2) is 34.7 Å². The molecule has 7 nitrogen and oxygen atoms in total. The van der Waals surface area contributed by atoms with E-state index < -0.39 is 21.9 Å². The highest BCUT2D eigenvalue weighted by molar-refractivity contribution is 7.92. The number of benzene rings is 1. The van der Waals surface area contributed by atoms with Gasteiger partial charge in [0.1, 0.15) is 17.3 Å². The minimum absolute atomic E-state index is 0.118. The molecule has 0 unspecified atom stereocenters. The van der Waals surface area contributed by atoms with E-state index in [1.54, 1.807) is 26.0 Å². The molecule has 2 rings (SSSR count). The third kappa shape index (κ3) is 5.49. The molecule has 0 aliphatic heterocycles. The second-order valence-corrected chi connectivity index (χ2v) is 7.27. The Balaban J connectivity index is 2.13. The molecule has 0 spiro atoms. The molecule has 136 valence electrons. The number of hydrogen-bond acceptors (Lipinski definition) is 4. The van der Waals surface area contributed by atoms with Crippen molar-refractivity contribution in [3.05, 3.63) is 47.7 Å². The fourth-order valence-electron chi connectivity index (χ4n) is 2.18. The van der Waals surface area contributed by atoms with E-state index in [1.165, 1.54) is 17.0 Å². The lowest BCUT2D eigenvalue weighted by molar-refractivity contribution is 0.207. The zero-order valence-corrected chi connectivity index (χ0v) is 15.0. The van der Waals surface area contributed by atoms with E-state index >= 15 is 0 Å². The van der Waals surface area contributed by atoms with Gasteiger partial charge in [0.15, 0.2) is 0 Å². The summed E-state index contributed by atoms with van der Waals surface area (Å²) in [6, 6.07) is 6.61. The van der Waals surface area contributed by atoms with E-state index in [4.69, 9.17) is 4.42 Å². The number of nitrogens with zero attached hydrogens (tertiary/aromatic N) is 1. The number of urea groups is 1. The maximum atomic E-state index is 13.9. The fourth-order valence-corrected chi connectivity index (χ4v) is 2.73. The van der Waals surface area contributed by atoms with Crippen molar-refractivity contribution in [1.29, 1.82) is 0 Å². The summed E-state index contributed by atoms with van der Waals surface area (Å²) in [4.78, 5) is 13.8. The number of hydrogen-bond donors (Lipinski definition) is 2. The van der Waals surface area contributed by atoms with Crippen LogP contribution >= 0.6 is 0 Å². The van der Waals surface area contributed by atoms with E-state index in [9.17, 15) is 17.6 Å². The van der Waals surface area contributed by atoms with Crippen LogP contribution < -0.4 is 10.0 Å². The van der Waals surface area contributed by atoms with Crippen LogP contribution in [-0.4, -0.2) is 32.1 Å². The van der Waals surface area contributed by atoms with Crippen LogP contribution in [0.3, 0.4) is 0 Å². The van der Waals surface area contributed by atoms with Gasteiger partial charge in [0.2, 0.25) is 10.0 Å². The van der Waals surface area contributed by atoms with Crippen LogP contribution in [0, 0.1) is 12.7 Å². The molecule has 1 aromatic heterocycles. The van der Waals surface area contributed by atoms with Crippen LogP contribution in [0.25, 0.3) is 0 Å². The first-order valence-corrected chi connectivity index (χ1v) is 9.45. The normalized spacial score (nSPS) is 11.2. The highest BCUT2D eigenvalue weighted by Gasteiger charge is 2.16. The van der Waals surface area contributed by atoms with Crippen molar-refractivity contribution >= 4 is 27.4 Å². The first-order chi connectivity index (χ1) is 11.7. The minimum Gasteiger partial charge on any atom is -0.464 e. The largest absolute Gasteiger partial charge is 0.464 e. The van der Waals surface area contributed by atoms with Gasteiger partial charge in [0.25, 0.3) is 0 Å². The number of rotatable bonds is 6. The van der Waals surface area contributed by atoms with Crippen LogP contribution in [-0.2, 0) is 16.6 Å². The highest BCUT2D eigenvalue weighted by Crippen LogP contribution is 2.21. The Morgan fingerprint density at radius 2 is 2.00 bits per heavy atom. The Labute approximate surface area is 145 Å². The summed E-state index contributed by atoms with van der Waals surface area (Å²) < 4.78 is 44.1. The molecule has 0 fully saturated rings. The number of nitrogens with one attached hydrogen (secondary N) is 2. The Morgan fingerprint density at radius 3 is 2.56 bits per heavy atom. The van der Waals surface area contributed by atoms with Crippen molar-refractivity contribution in [2.24, 2.45) is 0 Å². The predicted octanol–water partition coefficient (Wildman–Crippen LogP) is 3.15. The average Bonchev–Trinajstić information content (AvgIpc) is 2.92. The summed E-state index contributed by atoms with van der Waals surface area (Å²) in [5.41, 5.74) is 0.0385. The van der Waals surface area contributed by atoms with Gasteiger partial charge in [-0.2, -0.15) is 0 Å². The predicted molar refractivity (Wildman–Crippen MR) is 93.4 cm³/mol. The number of furan rings is 1. The standard InChI is InChI=1S/C16H20FN3O4S/c1-4-20(10-13-7-5-11(2)24-13)16(21)18-15-9-12(6-8-14(15)17)19-25(3,22)23/h5-9,19H,4,10H2,1-3H3,(H,18,21). The fraction of sp³-hybridized carbons (Fsp3) is 0.312. The van der Waals surface area contributed by atoms with Crippen LogP contribution in [0.1, 0.15) is 18.4 Å². The Bertz CT molecular complexity index is 864. The number of sulfonamides is 1. The molecule has 0 saturated heterocycles. The summed E-state index contributed by atoms with van der Waals surface area (Å²) in [6.45, 7) is 4.20. The van der Waals surface area contributed by atoms with Crippen molar-refractivity contribution in [2.45, 2.75) is 20.4 Å². The molecule has 0 aliphatic carbocycles. The summed E-state index contributed by atoms with van der Waals surface area (Å²) in [6.07, 6.45) is 0.985. The molecule has 25 heavy (non-hydrogen) atoms. The number of carbonyl (C=O) groups is 1. The van der Waals surface area contributed by atoms with Gasteiger partial charge in [-0.05, 0) is 44.2 Å². The molecule has 2 N–H and O–H groups in total. The van der Waals surface area contributed by atoms with Crippen molar-refractivity contribution < 1.29 is 22.0 Å². The molecule has 1 aromatic carbocycles. The number of amides is 2. The Morgan fingerprint density at radius 1 is 1.28 bits per heavy atom. The van der Waals surface area contributed by atoms with Gasteiger partial charge in [-0.15, -0.1) is 0 Å². The Hall–Kier alpha value is -2.55. The van der Waals surface area contributed by atoms with E-state index in [2.05, 4.69) is 10.0 Å². The quantitative estimate of drug-likeness (QED) is 0.818. The van der Waals surface area contributed by atoms with Crippen molar-refractivity contribution in [2.75, 3.05) is 22.8 Å². The van der Waals surface area contributed by atoms with E-state index in [1.807, 2.05) is 0 Å². The van der Waals surface area contributed by atoms with Gasteiger partial charge in [-0.1, -0.05) is 0 Å². The van der Waals surface area contributed by atoms with Crippen molar-refractivity contribution in [1.82, 2.24) is 4.90 Å². The zero-order valence-electron chi connectivity index (χ0n) is 14.2. The Kier molecular flexibility index (Phi) is 5.68. The van der Waals surface area contributed by atoms with Crippen LogP contribution in [0.5, 0.6) is 0 Å². The summed E-state index contributed by atoms with van der Waals surface area (Å²) >= 11 is 0. The molecule has 0 atom stereocenters. The second-order valence-electron chi connectivity index (χ2n) is 5.53. The molecule has 0 bridgehead atoms. The number of halogens is 1. The van der Waals surface area contributed by atoms with Crippen molar-refractivity contribution in [3.63, 3.8) is 0 Å². The lowest BCUT2D eigenvalue weighted by Gasteiger charge is -2.20. The summed E-state index contributed by atoms with van der Waals surface area (Å²) in [5.74, 6) is 0.678. The molecule has 0 aliphatic rings. The average molecular weight is 369 g/mol. The smallest absolute Gasteiger partial charge is 0.322 e. The minimum atomic E-state index is -3.50. The van der Waals surface area contributed by atoms with Crippen molar-refractivity contribution in [3.8, 4) is 0 Å². The molecule has 9 heteroatoms. The molecular weight excluding hydrogens is 349 g/mol. The number of carbonyl (C=O) groups excluding carboxylic acids is 1. The molecule has 2 amide bonds. The summed E-state index contributed by atoms with van der Waals surface area (Å²) in [5, 5.41) is 2.45. The third-order valence-electron chi connectivity index (χ3n) is 3.32. The third-order valence-corrected chi connectivity index (χ3v) is 3.93. The lowest BCUT2D eigenvalue weighted by Crippen LogP contribution is -2.34. The van der Waals surface area contributed by atoms with Gasteiger partial charge >= 0.3 is 6.03 Å². The van der Waals surface area contributed by atoms with Gasteiger partial charge in [0.05, 0.1) is 24.2 Å². The van der Waals surface area contributed by atoms with Gasteiger partial charge in [-0.25, -0.2) is 17.6 Å². The lowest BCUT2D eigenvalue weighted by atomic mass is 10.2. The number of anilines is 2. The van der Waals surface area contributed by atoms with Gasteiger partial charge < -0.3 is 14.6 Å². The molecule has 2 aromatic rings. The van der Waals surface area contributed by atoms with Gasteiger partial charge in [0, 0.05) is 6.54 Å². The van der Waals surface area contributed by atoms with E-state index in [-0.39, 0.29) is 17.9 Å². The van der Waals surface area contributed by atoms with Gasteiger partial charge in [-0.3, -0.25) is 4.72 Å².